The summed E-state index contributed by atoms with van der Waals surface area (Å²) in [6, 6.07) is 9.28. The normalized spacial score (nSPS) is 18.3. The molecule has 0 aromatic heterocycles. The summed E-state index contributed by atoms with van der Waals surface area (Å²) in [6.07, 6.45) is 5.81. The first-order valence-corrected chi connectivity index (χ1v) is 8.81. The molecule has 122 valence electrons. The summed E-state index contributed by atoms with van der Waals surface area (Å²) in [4.78, 5) is 4.61. The van der Waals surface area contributed by atoms with E-state index in [0.29, 0.717) is 6.04 Å². The highest BCUT2D eigenvalue weighted by molar-refractivity contribution is 5.79. The van der Waals surface area contributed by atoms with Crippen LogP contribution in [0.4, 0.5) is 0 Å². The molecule has 0 radical (unpaired) electrons. The highest BCUT2D eigenvalue weighted by Gasteiger charge is 2.32. The van der Waals surface area contributed by atoms with E-state index < -0.39 is 0 Å². The van der Waals surface area contributed by atoms with Crippen molar-refractivity contribution in [3.8, 4) is 0 Å². The lowest BCUT2D eigenvalue weighted by Crippen LogP contribution is -2.37. The Morgan fingerprint density at radius 2 is 2.00 bits per heavy atom. The monoisotopic (exact) mass is 301 g/mol. The Bertz CT molecular complexity index is 483. The Balaban J connectivity index is 1.97. The van der Waals surface area contributed by atoms with Crippen molar-refractivity contribution in [1.82, 2.24) is 9.80 Å². The van der Waals surface area contributed by atoms with Crippen molar-refractivity contribution in [1.29, 1.82) is 5.41 Å². The van der Waals surface area contributed by atoms with Gasteiger partial charge in [0.05, 0.1) is 0 Å². The molecule has 0 amide bonds. The maximum absolute atomic E-state index is 8.51. The molecule has 0 saturated carbocycles. The van der Waals surface area contributed by atoms with Gasteiger partial charge in [-0.25, -0.2) is 0 Å². The topological polar surface area (TPSA) is 30.3 Å². The second-order valence-electron chi connectivity index (χ2n) is 6.50. The fourth-order valence-corrected chi connectivity index (χ4v) is 3.33. The largest absolute Gasteiger partial charge is 0.341 e. The number of unbranched alkanes of at least 4 members (excludes halogenated alkanes) is 1. The van der Waals surface area contributed by atoms with Crippen LogP contribution in [0.5, 0.6) is 0 Å². The standard InChI is InChI=1S/C19H31N3/c1-4-6-12-21-15-18(8-5-2)22(19(21)20)13-11-17-10-7-9-16(3)14-17/h7,9-10,14,18,20H,4-6,8,11-13,15H2,1-3H3. The van der Waals surface area contributed by atoms with Crippen LogP contribution >= 0.6 is 0 Å². The highest BCUT2D eigenvalue weighted by Crippen LogP contribution is 2.20. The van der Waals surface area contributed by atoms with E-state index >= 15 is 0 Å². The zero-order valence-corrected chi connectivity index (χ0v) is 14.4. The smallest absolute Gasteiger partial charge is 0.194 e. The van der Waals surface area contributed by atoms with E-state index in [1.165, 1.54) is 36.8 Å². The number of nitrogens with one attached hydrogen (secondary N) is 1. The van der Waals surface area contributed by atoms with Crippen LogP contribution in [-0.4, -0.2) is 41.4 Å². The predicted octanol–water partition coefficient (Wildman–Crippen LogP) is 4.06. The van der Waals surface area contributed by atoms with Crippen molar-refractivity contribution in [3.05, 3.63) is 35.4 Å². The zero-order valence-electron chi connectivity index (χ0n) is 14.4. The Morgan fingerprint density at radius 1 is 1.18 bits per heavy atom. The SMILES string of the molecule is CCCCN1CC(CCC)N(CCc2cccc(C)c2)C1=N. The van der Waals surface area contributed by atoms with E-state index in [1.54, 1.807) is 0 Å². The third-order valence-electron chi connectivity index (χ3n) is 4.57. The molecule has 1 fully saturated rings. The lowest BCUT2D eigenvalue weighted by atomic mass is 10.1. The van der Waals surface area contributed by atoms with Gasteiger partial charge < -0.3 is 9.80 Å². The number of rotatable bonds is 8. The van der Waals surface area contributed by atoms with Crippen LogP contribution in [0, 0.1) is 12.3 Å². The maximum Gasteiger partial charge on any atom is 0.194 e. The van der Waals surface area contributed by atoms with Crippen molar-refractivity contribution in [2.75, 3.05) is 19.6 Å². The highest BCUT2D eigenvalue weighted by atomic mass is 15.4. The number of hydrogen-bond acceptors (Lipinski definition) is 1. The summed E-state index contributed by atoms with van der Waals surface area (Å²) in [7, 11) is 0. The second kappa shape index (κ2) is 8.21. The number of hydrogen-bond donors (Lipinski definition) is 1. The van der Waals surface area contributed by atoms with Gasteiger partial charge in [0.1, 0.15) is 0 Å². The van der Waals surface area contributed by atoms with Crippen molar-refractivity contribution in [2.45, 2.75) is 58.9 Å². The first-order valence-electron chi connectivity index (χ1n) is 8.81. The van der Waals surface area contributed by atoms with Crippen LogP contribution in [-0.2, 0) is 6.42 Å². The molecule has 1 unspecified atom stereocenters. The van der Waals surface area contributed by atoms with E-state index in [1.807, 2.05) is 0 Å². The molecule has 3 nitrogen and oxygen atoms in total. The number of aryl methyl sites for hydroxylation is 1. The van der Waals surface area contributed by atoms with Crippen LogP contribution in [0.25, 0.3) is 0 Å². The van der Waals surface area contributed by atoms with Gasteiger partial charge in [0.15, 0.2) is 5.96 Å². The average molecular weight is 301 g/mol. The van der Waals surface area contributed by atoms with E-state index in [4.69, 9.17) is 5.41 Å². The summed E-state index contributed by atoms with van der Waals surface area (Å²) >= 11 is 0. The van der Waals surface area contributed by atoms with Gasteiger partial charge in [-0.05, 0) is 31.7 Å². The summed E-state index contributed by atoms with van der Waals surface area (Å²) < 4.78 is 0. The molecule has 2 rings (SSSR count). The Labute approximate surface area is 135 Å². The molecule has 1 atom stereocenters. The van der Waals surface area contributed by atoms with E-state index in [0.717, 1.165) is 32.0 Å². The van der Waals surface area contributed by atoms with Crippen LogP contribution in [0.2, 0.25) is 0 Å². The third-order valence-corrected chi connectivity index (χ3v) is 4.57. The van der Waals surface area contributed by atoms with E-state index in [2.05, 4.69) is 54.8 Å². The van der Waals surface area contributed by atoms with Gasteiger partial charge in [0.25, 0.3) is 0 Å². The molecule has 0 aliphatic carbocycles. The molecule has 1 N–H and O–H groups in total. The van der Waals surface area contributed by atoms with Crippen LogP contribution in [0.1, 0.15) is 50.7 Å². The van der Waals surface area contributed by atoms with Gasteiger partial charge in [-0.3, -0.25) is 5.41 Å². The van der Waals surface area contributed by atoms with Crippen molar-refractivity contribution >= 4 is 5.96 Å². The van der Waals surface area contributed by atoms with Crippen molar-refractivity contribution < 1.29 is 0 Å². The van der Waals surface area contributed by atoms with Crippen LogP contribution in [0.15, 0.2) is 24.3 Å². The lowest BCUT2D eigenvalue weighted by Gasteiger charge is -2.25. The summed E-state index contributed by atoms with van der Waals surface area (Å²) in [6.45, 7) is 9.66. The quantitative estimate of drug-likeness (QED) is 0.785. The Kier molecular flexibility index (Phi) is 6.29. The molecule has 1 saturated heterocycles. The Hall–Kier alpha value is -1.51. The molecule has 22 heavy (non-hydrogen) atoms. The second-order valence-corrected chi connectivity index (χ2v) is 6.50. The number of nitrogens with zero attached hydrogens (tertiary/aromatic N) is 2. The Morgan fingerprint density at radius 3 is 2.68 bits per heavy atom. The number of guanidine groups is 1. The van der Waals surface area contributed by atoms with Gasteiger partial charge in [-0.2, -0.15) is 0 Å². The van der Waals surface area contributed by atoms with Gasteiger partial charge in [0, 0.05) is 25.7 Å². The zero-order chi connectivity index (χ0) is 15.9. The van der Waals surface area contributed by atoms with Gasteiger partial charge in [0.2, 0.25) is 0 Å². The third kappa shape index (κ3) is 4.25. The summed E-state index contributed by atoms with van der Waals surface area (Å²) in [5, 5.41) is 8.51. The lowest BCUT2D eigenvalue weighted by molar-refractivity contribution is 0.323. The molecule has 1 aromatic rings. The van der Waals surface area contributed by atoms with E-state index in [9.17, 15) is 0 Å². The van der Waals surface area contributed by atoms with Gasteiger partial charge >= 0.3 is 0 Å². The minimum absolute atomic E-state index is 0.527. The average Bonchev–Trinajstić information content (AvgIpc) is 2.79. The van der Waals surface area contributed by atoms with Crippen molar-refractivity contribution in [2.24, 2.45) is 0 Å². The molecule has 1 aromatic carbocycles. The fourth-order valence-electron chi connectivity index (χ4n) is 3.33. The molecule has 0 bridgehead atoms. The minimum atomic E-state index is 0.527. The minimum Gasteiger partial charge on any atom is -0.341 e. The van der Waals surface area contributed by atoms with Crippen LogP contribution in [0.3, 0.4) is 0 Å². The number of benzene rings is 1. The van der Waals surface area contributed by atoms with Crippen molar-refractivity contribution in [3.63, 3.8) is 0 Å². The first kappa shape index (κ1) is 16.9. The van der Waals surface area contributed by atoms with Gasteiger partial charge in [-0.15, -0.1) is 0 Å². The molecule has 0 spiro atoms. The summed E-state index contributed by atoms with van der Waals surface area (Å²) in [5.74, 6) is 0.750. The van der Waals surface area contributed by atoms with Crippen LogP contribution < -0.4 is 0 Å². The molecule has 1 heterocycles. The molecule has 1 aliphatic rings. The molecular weight excluding hydrogens is 270 g/mol. The molecule has 3 heteroatoms. The maximum atomic E-state index is 8.51. The summed E-state index contributed by atoms with van der Waals surface area (Å²) in [5.41, 5.74) is 2.71. The van der Waals surface area contributed by atoms with E-state index in [-0.39, 0.29) is 0 Å². The first-order chi connectivity index (χ1) is 10.7. The molecular formula is C19H31N3. The van der Waals surface area contributed by atoms with Gasteiger partial charge in [-0.1, -0.05) is 56.5 Å². The molecule has 1 aliphatic heterocycles. The predicted molar refractivity (Wildman–Crippen MR) is 94.5 cm³/mol. The fraction of sp³-hybridized carbons (Fsp3) is 0.632.